The van der Waals surface area contributed by atoms with Gasteiger partial charge in [-0.05, 0) is 18.4 Å². The van der Waals surface area contributed by atoms with Crippen molar-refractivity contribution in [3.05, 3.63) is 34.2 Å². The van der Waals surface area contributed by atoms with Crippen molar-refractivity contribution in [2.24, 2.45) is 5.73 Å². The Kier molecular flexibility index (Phi) is 2.44. The SMILES string of the molecule is C/C(N)=C\C(=O)c1cccs1. The van der Waals surface area contributed by atoms with Crippen LogP contribution in [0, 0.1) is 0 Å². The van der Waals surface area contributed by atoms with E-state index in [4.69, 9.17) is 5.73 Å². The van der Waals surface area contributed by atoms with Crippen LogP contribution in [0.5, 0.6) is 0 Å². The first-order chi connectivity index (χ1) is 5.20. The van der Waals surface area contributed by atoms with Crippen LogP contribution in [0.15, 0.2) is 29.3 Å². The summed E-state index contributed by atoms with van der Waals surface area (Å²) in [7, 11) is 0. The Morgan fingerprint density at radius 3 is 2.91 bits per heavy atom. The second-order valence-corrected chi connectivity index (χ2v) is 3.18. The van der Waals surface area contributed by atoms with Gasteiger partial charge in [-0.15, -0.1) is 11.3 Å². The van der Waals surface area contributed by atoms with Gasteiger partial charge in [-0.3, -0.25) is 4.79 Å². The summed E-state index contributed by atoms with van der Waals surface area (Å²) >= 11 is 1.42. The zero-order valence-electron chi connectivity index (χ0n) is 6.20. The average Bonchev–Trinajstić information content (AvgIpc) is 2.35. The maximum atomic E-state index is 11.2. The van der Waals surface area contributed by atoms with Gasteiger partial charge in [0.15, 0.2) is 5.78 Å². The van der Waals surface area contributed by atoms with E-state index in [9.17, 15) is 4.79 Å². The van der Waals surface area contributed by atoms with Crippen LogP contribution >= 0.6 is 11.3 Å². The molecule has 0 fully saturated rings. The Hall–Kier alpha value is -1.09. The molecule has 0 atom stereocenters. The number of hydrogen-bond donors (Lipinski definition) is 1. The van der Waals surface area contributed by atoms with Crippen molar-refractivity contribution in [3.8, 4) is 0 Å². The third-order valence-corrected chi connectivity index (χ3v) is 2.01. The minimum atomic E-state index is -0.0139. The van der Waals surface area contributed by atoms with Gasteiger partial charge in [0.1, 0.15) is 0 Å². The normalized spacial score (nSPS) is 11.5. The first kappa shape index (κ1) is 8.01. The summed E-state index contributed by atoms with van der Waals surface area (Å²) in [6, 6.07) is 3.63. The zero-order valence-corrected chi connectivity index (χ0v) is 7.02. The lowest BCUT2D eigenvalue weighted by Crippen LogP contribution is -1.97. The van der Waals surface area contributed by atoms with Crippen LogP contribution in [-0.2, 0) is 0 Å². The van der Waals surface area contributed by atoms with Crippen molar-refractivity contribution in [3.63, 3.8) is 0 Å². The van der Waals surface area contributed by atoms with Crippen LogP contribution in [0.1, 0.15) is 16.6 Å². The number of ketones is 1. The van der Waals surface area contributed by atoms with Crippen LogP contribution < -0.4 is 5.73 Å². The van der Waals surface area contributed by atoms with Crippen molar-refractivity contribution in [2.45, 2.75) is 6.92 Å². The van der Waals surface area contributed by atoms with E-state index in [-0.39, 0.29) is 5.78 Å². The highest BCUT2D eigenvalue weighted by Gasteiger charge is 2.01. The Morgan fingerprint density at radius 2 is 2.45 bits per heavy atom. The molecule has 0 aliphatic rings. The lowest BCUT2D eigenvalue weighted by Gasteiger charge is -1.89. The standard InChI is InChI=1S/C8H9NOS/c1-6(9)5-7(10)8-3-2-4-11-8/h2-5H,9H2,1H3/b6-5+. The molecule has 58 valence electrons. The Bertz CT molecular complexity index is 270. The molecule has 0 aliphatic carbocycles. The minimum Gasteiger partial charge on any atom is -0.402 e. The van der Waals surface area contributed by atoms with E-state index in [1.807, 2.05) is 11.4 Å². The van der Waals surface area contributed by atoms with Gasteiger partial charge in [-0.1, -0.05) is 6.07 Å². The van der Waals surface area contributed by atoms with Gasteiger partial charge in [0.25, 0.3) is 0 Å². The quantitative estimate of drug-likeness (QED) is 0.539. The van der Waals surface area contributed by atoms with Crippen LogP contribution in [0.25, 0.3) is 0 Å². The maximum Gasteiger partial charge on any atom is 0.197 e. The molecule has 2 nitrogen and oxygen atoms in total. The summed E-state index contributed by atoms with van der Waals surface area (Å²) in [5.74, 6) is -0.0139. The minimum absolute atomic E-state index is 0.0139. The van der Waals surface area contributed by atoms with Crippen LogP contribution in [0.2, 0.25) is 0 Å². The Morgan fingerprint density at radius 1 is 1.73 bits per heavy atom. The number of rotatable bonds is 2. The number of thiophene rings is 1. The van der Waals surface area contributed by atoms with Crippen LogP contribution in [0.3, 0.4) is 0 Å². The summed E-state index contributed by atoms with van der Waals surface area (Å²) in [5.41, 5.74) is 5.89. The van der Waals surface area contributed by atoms with Crippen molar-refractivity contribution < 1.29 is 4.79 Å². The Labute approximate surface area is 69.3 Å². The number of carbonyl (C=O) groups excluding carboxylic acids is 1. The van der Waals surface area contributed by atoms with Crippen molar-refractivity contribution >= 4 is 17.1 Å². The predicted molar refractivity (Wildman–Crippen MR) is 46.6 cm³/mol. The largest absolute Gasteiger partial charge is 0.402 e. The molecule has 1 rings (SSSR count). The van der Waals surface area contributed by atoms with Crippen LogP contribution in [0.4, 0.5) is 0 Å². The fraction of sp³-hybridized carbons (Fsp3) is 0.125. The molecular weight excluding hydrogens is 158 g/mol. The monoisotopic (exact) mass is 167 g/mol. The summed E-state index contributed by atoms with van der Waals surface area (Å²) in [4.78, 5) is 11.9. The molecule has 0 radical (unpaired) electrons. The highest BCUT2D eigenvalue weighted by atomic mass is 32.1. The molecule has 0 bridgehead atoms. The molecule has 1 heterocycles. The Balaban J connectivity index is 2.80. The van der Waals surface area contributed by atoms with E-state index in [1.54, 1.807) is 13.0 Å². The van der Waals surface area contributed by atoms with E-state index in [1.165, 1.54) is 17.4 Å². The van der Waals surface area contributed by atoms with E-state index in [0.717, 1.165) is 4.88 Å². The molecule has 0 amide bonds. The van der Waals surface area contributed by atoms with E-state index in [0.29, 0.717) is 5.70 Å². The molecule has 0 aromatic carbocycles. The second-order valence-electron chi connectivity index (χ2n) is 2.23. The lowest BCUT2D eigenvalue weighted by molar-refractivity contribution is 0.104. The molecule has 1 aromatic rings. The molecule has 0 saturated carbocycles. The molecule has 0 unspecified atom stereocenters. The van der Waals surface area contributed by atoms with Crippen LogP contribution in [-0.4, -0.2) is 5.78 Å². The van der Waals surface area contributed by atoms with Gasteiger partial charge >= 0.3 is 0 Å². The highest BCUT2D eigenvalue weighted by Crippen LogP contribution is 2.09. The smallest absolute Gasteiger partial charge is 0.197 e. The summed E-state index contributed by atoms with van der Waals surface area (Å²) < 4.78 is 0. The second kappa shape index (κ2) is 3.34. The molecule has 0 spiro atoms. The van der Waals surface area contributed by atoms with Gasteiger partial charge in [-0.2, -0.15) is 0 Å². The fourth-order valence-corrected chi connectivity index (χ4v) is 1.33. The summed E-state index contributed by atoms with van der Waals surface area (Å²) in [6.45, 7) is 1.70. The van der Waals surface area contributed by atoms with E-state index in [2.05, 4.69) is 0 Å². The number of allylic oxidation sites excluding steroid dienone is 2. The molecule has 2 N–H and O–H groups in total. The lowest BCUT2D eigenvalue weighted by atomic mass is 10.3. The first-order valence-electron chi connectivity index (χ1n) is 3.22. The fourth-order valence-electron chi connectivity index (χ4n) is 0.697. The number of carbonyl (C=O) groups is 1. The van der Waals surface area contributed by atoms with E-state index >= 15 is 0 Å². The highest BCUT2D eigenvalue weighted by molar-refractivity contribution is 7.12. The number of nitrogens with two attached hydrogens (primary N) is 1. The van der Waals surface area contributed by atoms with Gasteiger partial charge in [0.2, 0.25) is 0 Å². The summed E-state index contributed by atoms with van der Waals surface area (Å²) in [6.07, 6.45) is 1.44. The van der Waals surface area contributed by atoms with Gasteiger partial charge < -0.3 is 5.73 Å². The zero-order chi connectivity index (χ0) is 8.27. The molecule has 3 heteroatoms. The van der Waals surface area contributed by atoms with Crippen molar-refractivity contribution in [2.75, 3.05) is 0 Å². The molecule has 0 saturated heterocycles. The predicted octanol–water partition coefficient (Wildman–Crippen LogP) is 1.79. The third kappa shape index (κ3) is 2.20. The van der Waals surface area contributed by atoms with Gasteiger partial charge in [0.05, 0.1) is 4.88 Å². The third-order valence-electron chi connectivity index (χ3n) is 1.12. The van der Waals surface area contributed by atoms with Crippen molar-refractivity contribution in [1.82, 2.24) is 0 Å². The topological polar surface area (TPSA) is 43.1 Å². The number of hydrogen-bond acceptors (Lipinski definition) is 3. The van der Waals surface area contributed by atoms with E-state index < -0.39 is 0 Å². The maximum absolute atomic E-state index is 11.2. The molecule has 1 aromatic heterocycles. The molecule has 0 aliphatic heterocycles. The summed E-state index contributed by atoms with van der Waals surface area (Å²) in [5, 5.41) is 1.87. The molecular formula is C8H9NOS. The molecule has 11 heavy (non-hydrogen) atoms. The van der Waals surface area contributed by atoms with Crippen molar-refractivity contribution in [1.29, 1.82) is 0 Å². The van der Waals surface area contributed by atoms with Gasteiger partial charge in [-0.25, -0.2) is 0 Å². The first-order valence-corrected chi connectivity index (χ1v) is 4.09. The average molecular weight is 167 g/mol. The van der Waals surface area contributed by atoms with Gasteiger partial charge in [0, 0.05) is 11.8 Å².